The van der Waals surface area contributed by atoms with Crippen molar-refractivity contribution in [1.29, 1.82) is 0 Å². The van der Waals surface area contributed by atoms with Crippen LogP contribution < -0.4 is 0 Å². The largest absolute Gasteiger partial charge is 0.507 e. The lowest BCUT2D eigenvalue weighted by Gasteiger charge is -2.37. The number of hydrogen-bond donors (Lipinski definition) is 3. The molecule has 2 fully saturated rings. The molecule has 3 N–H and O–H groups in total. The molecule has 8 heteroatoms. The minimum atomic E-state index is 0.207. The fraction of sp³-hybridized carbons (Fsp3) is 0.679. The summed E-state index contributed by atoms with van der Waals surface area (Å²) in [5, 5.41) is 30.8. The van der Waals surface area contributed by atoms with Gasteiger partial charge in [0.15, 0.2) is 0 Å². The number of aliphatic hydroxyl groups is 2. The molecule has 1 aromatic heterocycles. The normalized spacial score (nSPS) is 21.8. The molecule has 2 saturated heterocycles. The average Bonchev–Trinajstić information content (AvgIpc) is 3.24. The second kappa shape index (κ2) is 13.8. The molecule has 36 heavy (non-hydrogen) atoms. The van der Waals surface area contributed by atoms with E-state index >= 15 is 0 Å². The Balaban J connectivity index is 1.72. The van der Waals surface area contributed by atoms with E-state index in [2.05, 4.69) is 28.9 Å². The van der Waals surface area contributed by atoms with Crippen molar-refractivity contribution in [1.82, 2.24) is 9.80 Å². The van der Waals surface area contributed by atoms with Crippen molar-refractivity contribution in [3.8, 4) is 16.2 Å². The van der Waals surface area contributed by atoms with E-state index in [9.17, 15) is 15.3 Å². The molecule has 0 saturated carbocycles. The SMILES string of the molecule is CCCc1c(-c2cc(CN3CCCCC3CCO)c(O)c(CN3CCCCC3CCO)c2)ssc1=S. The first-order valence-electron chi connectivity index (χ1n) is 13.7. The number of nitrogens with zero attached hydrogens (tertiary/aromatic N) is 2. The highest BCUT2D eigenvalue weighted by Crippen LogP contribution is 2.40. The van der Waals surface area contributed by atoms with Crippen molar-refractivity contribution < 1.29 is 15.3 Å². The van der Waals surface area contributed by atoms with Crippen molar-refractivity contribution in [2.45, 2.75) is 96.3 Å². The Morgan fingerprint density at radius 2 is 1.44 bits per heavy atom. The van der Waals surface area contributed by atoms with Gasteiger partial charge in [-0.2, -0.15) is 0 Å². The second-order valence-corrected chi connectivity index (χ2v) is 13.2. The molecule has 200 valence electrons. The lowest BCUT2D eigenvalue weighted by atomic mass is 9.95. The monoisotopic (exact) mass is 550 g/mol. The summed E-state index contributed by atoms with van der Waals surface area (Å²) < 4.78 is 0.992. The van der Waals surface area contributed by atoms with Crippen LogP contribution in [0.15, 0.2) is 12.1 Å². The number of benzene rings is 1. The molecule has 0 bridgehead atoms. The number of rotatable bonds is 11. The molecule has 2 aromatic rings. The number of hydrogen-bond acceptors (Lipinski definition) is 8. The third kappa shape index (κ3) is 6.76. The van der Waals surface area contributed by atoms with Crippen LogP contribution in [0.4, 0.5) is 0 Å². The fourth-order valence-electron chi connectivity index (χ4n) is 6.02. The molecule has 2 atom stereocenters. The molecule has 2 aliphatic rings. The zero-order valence-electron chi connectivity index (χ0n) is 21.6. The van der Waals surface area contributed by atoms with Crippen LogP contribution >= 0.6 is 32.9 Å². The van der Waals surface area contributed by atoms with E-state index in [1.165, 1.54) is 41.7 Å². The van der Waals surface area contributed by atoms with Crippen LogP contribution in [0.1, 0.15) is 81.4 Å². The van der Waals surface area contributed by atoms with Crippen LogP contribution in [0, 0.1) is 3.82 Å². The molecule has 0 spiro atoms. The Hall–Kier alpha value is -0.870. The fourth-order valence-corrected chi connectivity index (χ4v) is 9.01. The summed E-state index contributed by atoms with van der Waals surface area (Å²) in [4.78, 5) is 6.17. The van der Waals surface area contributed by atoms with Gasteiger partial charge in [-0.05, 0) is 81.3 Å². The maximum atomic E-state index is 11.6. The topological polar surface area (TPSA) is 67.2 Å². The second-order valence-electron chi connectivity index (χ2n) is 10.4. The molecule has 0 amide bonds. The number of phenolic OH excluding ortho intramolecular Hbond substituents is 1. The minimum Gasteiger partial charge on any atom is -0.507 e. The van der Waals surface area contributed by atoms with Crippen molar-refractivity contribution >= 4 is 32.9 Å². The predicted molar refractivity (Wildman–Crippen MR) is 154 cm³/mol. The van der Waals surface area contributed by atoms with Crippen LogP contribution in [0.3, 0.4) is 0 Å². The first-order chi connectivity index (χ1) is 17.5. The predicted octanol–water partition coefficient (Wildman–Crippen LogP) is 6.34. The highest BCUT2D eigenvalue weighted by molar-refractivity contribution is 7.80. The highest BCUT2D eigenvalue weighted by Gasteiger charge is 2.27. The van der Waals surface area contributed by atoms with Gasteiger partial charge in [-0.15, -0.1) is 0 Å². The van der Waals surface area contributed by atoms with Crippen LogP contribution in [0.25, 0.3) is 10.4 Å². The number of phenols is 1. The Morgan fingerprint density at radius 3 is 1.94 bits per heavy atom. The Bertz CT molecular complexity index is 984. The van der Waals surface area contributed by atoms with Gasteiger partial charge in [0, 0.05) is 49.5 Å². The maximum Gasteiger partial charge on any atom is 0.124 e. The Labute approximate surface area is 228 Å². The summed E-state index contributed by atoms with van der Waals surface area (Å²) in [6, 6.07) is 5.12. The van der Waals surface area contributed by atoms with E-state index < -0.39 is 0 Å². The van der Waals surface area contributed by atoms with Crippen LogP contribution in [-0.4, -0.2) is 63.5 Å². The van der Waals surface area contributed by atoms with Gasteiger partial charge in [0.25, 0.3) is 0 Å². The smallest absolute Gasteiger partial charge is 0.124 e. The van der Waals surface area contributed by atoms with Gasteiger partial charge in [0.2, 0.25) is 0 Å². The molecule has 3 heterocycles. The van der Waals surface area contributed by atoms with Crippen molar-refractivity contribution in [2.75, 3.05) is 26.3 Å². The van der Waals surface area contributed by atoms with Crippen LogP contribution in [-0.2, 0) is 19.5 Å². The molecular weight excluding hydrogens is 509 g/mol. The first-order valence-corrected chi connectivity index (χ1v) is 16.3. The molecule has 2 unspecified atom stereocenters. The van der Waals surface area contributed by atoms with E-state index in [-0.39, 0.29) is 13.2 Å². The summed E-state index contributed by atoms with van der Waals surface area (Å²) in [5.41, 5.74) is 4.41. The molecule has 0 radical (unpaired) electrons. The summed E-state index contributed by atoms with van der Waals surface area (Å²) >= 11 is 5.70. The van der Waals surface area contributed by atoms with Crippen LogP contribution in [0.5, 0.6) is 5.75 Å². The molecule has 4 rings (SSSR count). The first kappa shape index (κ1) is 28.1. The van der Waals surface area contributed by atoms with E-state index in [4.69, 9.17) is 12.2 Å². The number of piperidine rings is 2. The molecule has 0 aliphatic carbocycles. The Morgan fingerprint density at radius 1 is 0.889 bits per heavy atom. The average molecular weight is 551 g/mol. The minimum absolute atomic E-state index is 0.207. The highest BCUT2D eigenvalue weighted by atomic mass is 32.9. The summed E-state index contributed by atoms with van der Waals surface area (Å²) in [6.45, 7) is 6.03. The summed E-state index contributed by atoms with van der Waals surface area (Å²) in [7, 11) is 3.45. The van der Waals surface area contributed by atoms with Crippen molar-refractivity contribution in [3.05, 3.63) is 32.6 Å². The van der Waals surface area contributed by atoms with Gasteiger partial charge in [-0.1, -0.05) is 59.1 Å². The molecular formula is C28H42N2O3S3. The van der Waals surface area contributed by atoms with E-state index in [0.29, 0.717) is 30.9 Å². The zero-order chi connectivity index (χ0) is 25.5. The third-order valence-electron chi connectivity index (χ3n) is 7.92. The standard InChI is InChI=1S/C28H42N2O3S3/c1-2-7-25-27(35-36-28(25)34)20-16-21(18-29-12-5-3-8-23(29)10-14-31)26(33)22(17-20)19-30-13-6-4-9-24(30)11-15-32/h16-17,23-24,31-33H,2-15,18-19H2,1H3. The van der Waals surface area contributed by atoms with Gasteiger partial charge in [0.1, 0.15) is 9.57 Å². The third-order valence-corrected chi connectivity index (χ3v) is 11.1. The van der Waals surface area contributed by atoms with E-state index in [1.54, 1.807) is 20.7 Å². The van der Waals surface area contributed by atoms with Crippen molar-refractivity contribution in [2.24, 2.45) is 0 Å². The van der Waals surface area contributed by atoms with E-state index in [0.717, 1.165) is 66.6 Å². The zero-order valence-corrected chi connectivity index (χ0v) is 24.0. The maximum absolute atomic E-state index is 11.6. The van der Waals surface area contributed by atoms with Gasteiger partial charge < -0.3 is 15.3 Å². The number of aromatic hydroxyl groups is 1. The van der Waals surface area contributed by atoms with Crippen molar-refractivity contribution in [3.63, 3.8) is 0 Å². The van der Waals surface area contributed by atoms with E-state index in [1.807, 2.05) is 0 Å². The van der Waals surface area contributed by atoms with Gasteiger partial charge in [-0.3, -0.25) is 9.80 Å². The van der Waals surface area contributed by atoms with Gasteiger partial charge in [-0.25, -0.2) is 0 Å². The summed E-state index contributed by atoms with van der Waals surface area (Å²) in [5.74, 6) is 0.413. The van der Waals surface area contributed by atoms with Gasteiger partial charge >= 0.3 is 0 Å². The molecule has 5 nitrogen and oxygen atoms in total. The van der Waals surface area contributed by atoms with Gasteiger partial charge in [0.05, 0.1) is 4.88 Å². The number of aliphatic hydroxyl groups excluding tert-OH is 2. The molecule has 2 aliphatic heterocycles. The quantitative estimate of drug-likeness (QED) is 0.224. The van der Waals surface area contributed by atoms with Crippen LogP contribution in [0.2, 0.25) is 0 Å². The summed E-state index contributed by atoms with van der Waals surface area (Å²) in [6.07, 6.45) is 10.6. The lowest BCUT2D eigenvalue weighted by Crippen LogP contribution is -2.40. The Kier molecular flexibility index (Phi) is 10.8. The lowest BCUT2D eigenvalue weighted by molar-refractivity contribution is 0.109. The molecule has 1 aromatic carbocycles. The number of likely N-dealkylation sites (tertiary alicyclic amines) is 2.